The maximum Gasteiger partial charge on any atom is 0.271 e. The first kappa shape index (κ1) is 17.4. The molecule has 0 bridgehead atoms. The Morgan fingerprint density at radius 2 is 1.70 bits per heavy atom. The Bertz CT molecular complexity index is 728. The van der Waals surface area contributed by atoms with E-state index < -0.39 is 0 Å². The third kappa shape index (κ3) is 4.76. The fourth-order valence-electron chi connectivity index (χ4n) is 2.10. The van der Waals surface area contributed by atoms with Gasteiger partial charge in [0.25, 0.3) is 5.91 Å². The number of nitrogens with one attached hydrogen (secondary N) is 1. The number of halogens is 1. The minimum Gasteiger partial charge on any atom is -0.267 e. The van der Waals surface area contributed by atoms with Gasteiger partial charge in [0.05, 0.1) is 5.71 Å². The molecule has 0 atom stereocenters. The predicted molar refractivity (Wildman–Crippen MR) is 99.0 cm³/mol. The summed E-state index contributed by atoms with van der Waals surface area (Å²) < 4.78 is 0.980. The lowest BCUT2D eigenvalue weighted by Crippen LogP contribution is -2.20. The normalized spacial score (nSPS) is 12.1. The van der Waals surface area contributed by atoms with Gasteiger partial charge in [-0.3, -0.25) is 4.79 Å². The maximum absolute atomic E-state index is 12.2. The van der Waals surface area contributed by atoms with Crippen LogP contribution in [0, 0.1) is 0 Å². The number of rotatable bonds is 3. The third-order valence-electron chi connectivity index (χ3n) is 3.58. The van der Waals surface area contributed by atoms with Crippen LogP contribution >= 0.6 is 15.9 Å². The second-order valence-electron chi connectivity index (χ2n) is 6.48. The van der Waals surface area contributed by atoms with Crippen LogP contribution in [0.15, 0.2) is 58.1 Å². The quantitative estimate of drug-likeness (QED) is 0.603. The van der Waals surface area contributed by atoms with Crippen molar-refractivity contribution in [3.63, 3.8) is 0 Å². The van der Waals surface area contributed by atoms with E-state index in [2.05, 4.69) is 47.2 Å². The lowest BCUT2D eigenvalue weighted by atomic mass is 9.87. The first-order valence-corrected chi connectivity index (χ1v) is 8.28. The molecule has 0 aromatic heterocycles. The summed E-state index contributed by atoms with van der Waals surface area (Å²) in [7, 11) is 0. The fourth-order valence-corrected chi connectivity index (χ4v) is 2.50. The Balaban J connectivity index is 2.08. The molecular weight excluding hydrogens is 352 g/mol. The van der Waals surface area contributed by atoms with Crippen molar-refractivity contribution >= 4 is 27.5 Å². The molecule has 1 N–H and O–H groups in total. The average Bonchev–Trinajstić information content (AvgIpc) is 2.51. The van der Waals surface area contributed by atoms with Crippen LogP contribution in [0.1, 0.15) is 49.2 Å². The molecule has 2 aromatic rings. The zero-order valence-corrected chi connectivity index (χ0v) is 15.4. The number of hydrazone groups is 1. The lowest BCUT2D eigenvalue weighted by molar-refractivity contribution is 0.0955. The molecule has 120 valence electrons. The van der Waals surface area contributed by atoms with Crippen molar-refractivity contribution < 1.29 is 4.79 Å². The van der Waals surface area contributed by atoms with Crippen molar-refractivity contribution in [2.75, 3.05) is 0 Å². The molecule has 1 amide bonds. The van der Waals surface area contributed by atoms with Crippen LogP contribution < -0.4 is 5.43 Å². The van der Waals surface area contributed by atoms with Gasteiger partial charge in [-0.2, -0.15) is 5.10 Å². The summed E-state index contributed by atoms with van der Waals surface area (Å²) in [5.74, 6) is -0.209. The van der Waals surface area contributed by atoms with Gasteiger partial charge >= 0.3 is 0 Å². The molecular formula is C19H21BrN2O. The van der Waals surface area contributed by atoms with Crippen LogP contribution in [0.2, 0.25) is 0 Å². The third-order valence-corrected chi connectivity index (χ3v) is 4.07. The Labute approximate surface area is 145 Å². The minimum absolute atomic E-state index is 0.0739. The zero-order chi connectivity index (χ0) is 17.0. The Kier molecular flexibility index (Phi) is 5.37. The van der Waals surface area contributed by atoms with Gasteiger partial charge in [-0.15, -0.1) is 0 Å². The molecule has 0 saturated carbocycles. The number of hydrogen-bond donors (Lipinski definition) is 1. The van der Waals surface area contributed by atoms with Crippen molar-refractivity contribution in [3.05, 3.63) is 69.7 Å². The van der Waals surface area contributed by atoms with E-state index in [-0.39, 0.29) is 11.3 Å². The summed E-state index contributed by atoms with van der Waals surface area (Å²) >= 11 is 3.43. The molecule has 3 nitrogen and oxygen atoms in total. The molecule has 0 fully saturated rings. The first-order valence-electron chi connectivity index (χ1n) is 7.48. The van der Waals surface area contributed by atoms with Gasteiger partial charge in [0.15, 0.2) is 0 Å². The zero-order valence-electron chi connectivity index (χ0n) is 13.9. The molecule has 0 spiro atoms. The van der Waals surface area contributed by atoms with Crippen molar-refractivity contribution in [1.29, 1.82) is 0 Å². The summed E-state index contributed by atoms with van der Waals surface area (Å²) in [4.78, 5) is 12.2. The van der Waals surface area contributed by atoms with Gasteiger partial charge in [0.2, 0.25) is 0 Å². The highest BCUT2D eigenvalue weighted by molar-refractivity contribution is 9.10. The van der Waals surface area contributed by atoms with Crippen LogP contribution in [0.5, 0.6) is 0 Å². The monoisotopic (exact) mass is 372 g/mol. The summed E-state index contributed by atoms with van der Waals surface area (Å²) in [6.07, 6.45) is 0. The molecule has 4 heteroatoms. The number of benzene rings is 2. The van der Waals surface area contributed by atoms with Crippen LogP contribution in [-0.4, -0.2) is 11.6 Å². The number of nitrogens with zero attached hydrogens (tertiary/aromatic N) is 1. The van der Waals surface area contributed by atoms with E-state index >= 15 is 0 Å². The van der Waals surface area contributed by atoms with Gasteiger partial charge < -0.3 is 0 Å². The molecule has 0 saturated heterocycles. The molecule has 2 aromatic carbocycles. The first-order chi connectivity index (χ1) is 10.8. The van der Waals surface area contributed by atoms with Crippen LogP contribution in [0.4, 0.5) is 0 Å². The molecule has 0 aliphatic heterocycles. The highest BCUT2D eigenvalue weighted by atomic mass is 79.9. The highest BCUT2D eigenvalue weighted by Crippen LogP contribution is 2.22. The average molecular weight is 373 g/mol. The van der Waals surface area contributed by atoms with E-state index in [9.17, 15) is 4.79 Å². The topological polar surface area (TPSA) is 41.5 Å². The number of hydrogen-bond acceptors (Lipinski definition) is 2. The Hall–Kier alpha value is -1.94. The van der Waals surface area contributed by atoms with Gasteiger partial charge in [-0.05, 0) is 47.7 Å². The molecule has 0 radical (unpaired) electrons. The lowest BCUT2D eigenvalue weighted by Gasteiger charge is -2.18. The van der Waals surface area contributed by atoms with Crippen molar-refractivity contribution in [2.24, 2.45) is 5.10 Å². The van der Waals surface area contributed by atoms with E-state index in [1.807, 2.05) is 55.5 Å². The second-order valence-corrected chi connectivity index (χ2v) is 7.39. The second kappa shape index (κ2) is 7.09. The molecule has 0 aliphatic rings. The fraction of sp³-hybridized carbons (Fsp3) is 0.263. The number of carbonyl (C=O) groups is 1. The van der Waals surface area contributed by atoms with Crippen molar-refractivity contribution in [2.45, 2.75) is 33.1 Å². The van der Waals surface area contributed by atoms with E-state index in [4.69, 9.17) is 0 Å². The predicted octanol–water partition coefficient (Wildman–Crippen LogP) is 4.90. The van der Waals surface area contributed by atoms with Crippen LogP contribution in [0.25, 0.3) is 0 Å². The molecule has 0 aliphatic carbocycles. The molecule has 23 heavy (non-hydrogen) atoms. The number of amides is 1. The SMILES string of the molecule is C/C(=N/NC(=O)c1ccc(C(C)(C)C)cc1)c1cccc(Br)c1. The van der Waals surface area contributed by atoms with E-state index in [1.54, 1.807) is 0 Å². The van der Waals surface area contributed by atoms with E-state index in [1.165, 1.54) is 5.56 Å². The van der Waals surface area contributed by atoms with E-state index in [0.29, 0.717) is 5.56 Å². The van der Waals surface area contributed by atoms with Gasteiger partial charge in [-0.25, -0.2) is 5.43 Å². The van der Waals surface area contributed by atoms with Gasteiger partial charge in [0.1, 0.15) is 0 Å². The Morgan fingerprint density at radius 3 is 2.26 bits per heavy atom. The summed E-state index contributed by atoms with van der Waals surface area (Å²) in [5.41, 5.74) is 6.20. The summed E-state index contributed by atoms with van der Waals surface area (Å²) in [6.45, 7) is 8.31. The standard InChI is InChI=1S/C19H21BrN2O/c1-13(15-6-5-7-17(20)12-15)21-22-18(23)14-8-10-16(11-9-14)19(2,3)4/h5-12H,1-4H3,(H,22,23)/b21-13-. The molecule has 0 heterocycles. The molecule has 2 rings (SSSR count). The van der Waals surface area contributed by atoms with E-state index in [0.717, 1.165) is 15.7 Å². The maximum atomic E-state index is 12.2. The largest absolute Gasteiger partial charge is 0.271 e. The summed E-state index contributed by atoms with van der Waals surface area (Å²) in [5, 5.41) is 4.18. The smallest absolute Gasteiger partial charge is 0.267 e. The highest BCUT2D eigenvalue weighted by Gasteiger charge is 2.14. The van der Waals surface area contributed by atoms with Crippen LogP contribution in [0.3, 0.4) is 0 Å². The summed E-state index contributed by atoms with van der Waals surface area (Å²) in [6, 6.07) is 15.4. The van der Waals surface area contributed by atoms with Crippen molar-refractivity contribution in [1.82, 2.24) is 5.43 Å². The Morgan fingerprint density at radius 1 is 1.04 bits per heavy atom. The van der Waals surface area contributed by atoms with Gasteiger partial charge in [-0.1, -0.05) is 61.0 Å². The minimum atomic E-state index is -0.209. The van der Waals surface area contributed by atoms with Crippen LogP contribution in [-0.2, 0) is 5.41 Å². The van der Waals surface area contributed by atoms with Crippen molar-refractivity contribution in [3.8, 4) is 0 Å². The molecule has 0 unspecified atom stereocenters. The number of carbonyl (C=O) groups excluding carboxylic acids is 1. The van der Waals surface area contributed by atoms with Gasteiger partial charge in [0, 0.05) is 10.0 Å².